The van der Waals surface area contributed by atoms with Crippen LogP contribution in [0.25, 0.3) is 0 Å². The first-order valence-corrected chi connectivity index (χ1v) is 2.70. The van der Waals surface area contributed by atoms with Gasteiger partial charge in [-0.2, -0.15) is 0 Å². The summed E-state index contributed by atoms with van der Waals surface area (Å²) in [6.45, 7) is 2.16. The molecule has 0 spiro atoms. The molecule has 0 aromatic heterocycles. The van der Waals surface area contributed by atoms with Gasteiger partial charge in [0.1, 0.15) is 0 Å². The molecule has 4 heteroatoms. The first-order valence-electron chi connectivity index (χ1n) is 2.32. The zero-order valence-corrected chi connectivity index (χ0v) is 5.90. The molecule has 0 radical (unpaired) electrons. The van der Waals surface area contributed by atoms with Crippen LogP contribution < -0.4 is 0 Å². The Morgan fingerprint density at radius 3 is 1.89 bits per heavy atom. The van der Waals surface area contributed by atoms with Crippen molar-refractivity contribution in [2.45, 2.75) is 19.4 Å². The van der Waals surface area contributed by atoms with Crippen LogP contribution in [0.3, 0.4) is 0 Å². The van der Waals surface area contributed by atoms with Crippen LogP contribution in [0.4, 0.5) is 0 Å². The highest BCUT2D eigenvalue weighted by Crippen LogP contribution is 2.08. The summed E-state index contributed by atoms with van der Waals surface area (Å²) < 4.78 is 0. The van der Waals surface area contributed by atoms with E-state index in [-0.39, 0.29) is 0 Å². The Morgan fingerprint density at radius 1 is 1.56 bits per heavy atom. The zero-order valence-electron chi connectivity index (χ0n) is 5.14. The van der Waals surface area contributed by atoms with Crippen LogP contribution in [-0.2, 0) is 9.59 Å². The minimum atomic E-state index is -2.01. The number of Topliss-reactive ketones (excluding diaryl/α,β-unsaturated/α-hetero) is 1. The van der Waals surface area contributed by atoms with Crippen LogP contribution in [0.5, 0.6) is 0 Å². The van der Waals surface area contributed by atoms with Gasteiger partial charge in [0.2, 0.25) is 0 Å². The van der Waals surface area contributed by atoms with Gasteiger partial charge in [0, 0.05) is 0 Å². The lowest BCUT2D eigenvalue weighted by atomic mass is 10.1. The highest BCUT2D eigenvalue weighted by Gasteiger charge is 2.33. The van der Waals surface area contributed by atoms with Crippen LogP contribution in [0.1, 0.15) is 13.8 Å². The largest absolute Gasteiger partial charge is 0.374 e. The van der Waals surface area contributed by atoms with Gasteiger partial charge < -0.3 is 5.11 Å². The number of carbonyl (C=O) groups excluding carboxylic acids is 2. The first kappa shape index (κ1) is 8.59. The molecule has 0 rings (SSSR count). The topological polar surface area (TPSA) is 54.4 Å². The second-order valence-corrected chi connectivity index (χ2v) is 2.25. The van der Waals surface area contributed by atoms with Crippen molar-refractivity contribution in [1.82, 2.24) is 0 Å². The van der Waals surface area contributed by atoms with E-state index >= 15 is 0 Å². The lowest BCUT2D eigenvalue weighted by Gasteiger charge is -2.12. The Morgan fingerprint density at radius 2 is 1.89 bits per heavy atom. The fourth-order valence-corrected chi connectivity index (χ4v) is 0.271. The van der Waals surface area contributed by atoms with E-state index in [0.717, 1.165) is 13.8 Å². The summed E-state index contributed by atoms with van der Waals surface area (Å²) in [5.74, 6) is -0.650. The predicted octanol–water partition coefficient (Wildman–Crippen LogP) is 0.0918. The molecule has 0 aliphatic rings. The van der Waals surface area contributed by atoms with E-state index in [9.17, 15) is 9.59 Å². The summed E-state index contributed by atoms with van der Waals surface area (Å²) in [6, 6.07) is 0. The van der Waals surface area contributed by atoms with Crippen LogP contribution in [0.15, 0.2) is 0 Å². The molecule has 1 unspecified atom stereocenters. The van der Waals surface area contributed by atoms with Crippen LogP contribution in [-0.4, -0.2) is 21.7 Å². The van der Waals surface area contributed by atoms with Crippen molar-refractivity contribution in [3.8, 4) is 0 Å². The Labute approximate surface area is 57.6 Å². The van der Waals surface area contributed by atoms with Crippen molar-refractivity contribution in [2.24, 2.45) is 0 Å². The molecule has 0 fully saturated rings. The average molecular weight is 151 g/mol. The molecule has 0 saturated carbocycles. The maximum Gasteiger partial charge on any atom is 0.260 e. The SMILES string of the molecule is CC(=O)C(C)(O)C(=O)Cl. The van der Waals surface area contributed by atoms with Gasteiger partial charge in [0.25, 0.3) is 5.24 Å². The number of hydrogen-bond donors (Lipinski definition) is 1. The summed E-state index contributed by atoms with van der Waals surface area (Å²) in [5.41, 5.74) is -2.01. The second-order valence-electron chi connectivity index (χ2n) is 1.90. The molecule has 0 aliphatic heterocycles. The van der Waals surface area contributed by atoms with Gasteiger partial charge in [-0.1, -0.05) is 0 Å². The van der Waals surface area contributed by atoms with Crippen LogP contribution in [0.2, 0.25) is 0 Å². The van der Waals surface area contributed by atoms with Crippen LogP contribution in [0, 0.1) is 0 Å². The van der Waals surface area contributed by atoms with Gasteiger partial charge in [0.15, 0.2) is 11.4 Å². The maximum absolute atomic E-state index is 10.4. The van der Waals surface area contributed by atoms with Crippen molar-refractivity contribution in [3.63, 3.8) is 0 Å². The quantitative estimate of drug-likeness (QED) is 0.449. The summed E-state index contributed by atoms with van der Waals surface area (Å²) >= 11 is 4.85. The molecule has 0 amide bonds. The van der Waals surface area contributed by atoms with Crippen molar-refractivity contribution in [2.75, 3.05) is 0 Å². The third-order valence-electron chi connectivity index (χ3n) is 1.07. The van der Waals surface area contributed by atoms with Gasteiger partial charge in [0.05, 0.1) is 0 Å². The lowest BCUT2D eigenvalue weighted by Crippen LogP contribution is -2.39. The Kier molecular flexibility index (Phi) is 2.34. The fraction of sp³-hybridized carbons (Fsp3) is 0.600. The monoisotopic (exact) mass is 150 g/mol. The molecule has 0 aliphatic carbocycles. The third-order valence-corrected chi connectivity index (χ3v) is 1.44. The molecule has 3 nitrogen and oxygen atoms in total. The zero-order chi connectivity index (χ0) is 7.65. The maximum atomic E-state index is 10.4. The van der Waals surface area contributed by atoms with Gasteiger partial charge in [-0.15, -0.1) is 0 Å². The third kappa shape index (κ3) is 1.77. The minimum absolute atomic E-state index is 0.650. The molecule has 1 atom stereocenters. The second kappa shape index (κ2) is 2.45. The Balaban J connectivity index is 4.38. The molecule has 0 heterocycles. The van der Waals surface area contributed by atoms with Gasteiger partial charge in [-0.3, -0.25) is 9.59 Å². The predicted molar refractivity (Wildman–Crippen MR) is 32.2 cm³/mol. The van der Waals surface area contributed by atoms with Crippen molar-refractivity contribution < 1.29 is 14.7 Å². The first-order chi connectivity index (χ1) is 3.89. The standard InChI is InChI=1S/C5H7ClO3/c1-3(7)5(2,9)4(6)8/h9H,1-2H3. The molecule has 0 bridgehead atoms. The number of hydrogen-bond acceptors (Lipinski definition) is 3. The van der Waals surface area contributed by atoms with E-state index in [1.807, 2.05) is 0 Å². The van der Waals surface area contributed by atoms with E-state index < -0.39 is 16.6 Å². The molecule has 0 aromatic rings. The molecule has 1 N–H and O–H groups in total. The van der Waals surface area contributed by atoms with E-state index in [2.05, 4.69) is 0 Å². The average Bonchev–Trinajstić information content (AvgIpc) is 1.65. The number of carbonyl (C=O) groups is 2. The summed E-state index contributed by atoms with van der Waals surface area (Å²) in [7, 11) is 0. The Bertz CT molecular complexity index is 134. The van der Waals surface area contributed by atoms with Gasteiger partial charge >= 0.3 is 0 Å². The van der Waals surface area contributed by atoms with Crippen molar-refractivity contribution in [1.29, 1.82) is 0 Å². The molecule has 9 heavy (non-hydrogen) atoms. The molecule has 52 valence electrons. The van der Waals surface area contributed by atoms with Crippen molar-refractivity contribution in [3.05, 3.63) is 0 Å². The molecular formula is C5H7ClO3. The molecule has 0 aromatic carbocycles. The van der Waals surface area contributed by atoms with E-state index in [1.54, 1.807) is 0 Å². The fourth-order valence-electron chi connectivity index (χ4n) is 0.138. The van der Waals surface area contributed by atoms with E-state index in [4.69, 9.17) is 16.7 Å². The number of rotatable bonds is 2. The Hall–Kier alpha value is -0.410. The van der Waals surface area contributed by atoms with Gasteiger partial charge in [-0.05, 0) is 25.4 Å². The molecule has 0 saturated heterocycles. The number of halogens is 1. The normalized spacial score (nSPS) is 16.4. The summed E-state index contributed by atoms with van der Waals surface area (Å²) in [4.78, 5) is 20.6. The minimum Gasteiger partial charge on any atom is -0.374 e. The van der Waals surface area contributed by atoms with E-state index in [0.29, 0.717) is 0 Å². The van der Waals surface area contributed by atoms with Crippen molar-refractivity contribution >= 4 is 22.6 Å². The summed E-state index contributed by atoms with van der Waals surface area (Å²) in [6.07, 6.45) is 0. The lowest BCUT2D eigenvalue weighted by molar-refractivity contribution is -0.142. The highest BCUT2D eigenvalue weighted by molar-refractivity contribution is 6.67. The van der Waals surface area contributed by atoms with E-state index in [1.165, 1.54) is 0 Å². The summed E-state index contributed by atoms with van der Waals surface area (Å²) in [5, 5.41) is 7.79. The van der Waals surface area contributed by atoms with Crippen LogP contribution >= 0.6 is 11.6 Å². The number of aliphatic hydroxyl groups is 1. The van der Waals surface area contributed by atoms with Gasteiger partial charge in [-0.25, -0.2) is 0 Å². The smallest absolute Gasteiger partial charge is 0.260 e. The molecular weight excluding hydrogens is 144 g/mol. The highest BCUT2D eigenvalue weighted by atomic mass is 35.5. The number of ketones is 1.